The molecule has 0 aromatic heterocycles. The van der Waals surface area contributed by atoms with Crippen LogP contribution in [0.25, 0.3) is 34.4 Å². The molecule has 0 N–H and O–H groups in total. The van der Waals surface area contributed by atoms with Crippen molar-refractivity contribution in [1.29, 1.82) is 0 Å². The second-order valence-electron chi connectivity index (χ2n) is 11.4. The van der Waals surface area contributed by atoms with Crippen LogP contribution in [0.5, 0.6) is 11.5 Å². The molecule has 1 saturated heterocycles. The molecule has 4 aromatic carbocycles. The summed E-state index contributed by atoms with van der Waals surface area (Å²) in [7, 11) is 3.46. The standard InChI is InChI=1S/2C17H15O.C2H4.2ClH.Zr/c2*1-12-10-14-4-3-5-16(17(14)11-12)13-6-8-15(18-2)9-7-13;1-2;;;/h2*3-11H,1-2H3;1-2H2;2*1H;/q;;;;;+2/p-2. The molecular formula is C36H34Cl2O2Zr. The maximum atomic E-state index is 5.41. The number of fused-ring (bicyclic) bond motifs is 2. The number of rotatable bonds is 6. The van der Waals surface area contributed by atoms with Crippen molar-refractivity contribution in [2.45, 2.75) is 29.4 Å². The Morgan fingerprint density at radius 1 is 0.561 bits per heavy atom. The van der Waals surface area contributed by atoms with E-state index >= 15 is 0 Å². The zero-order valence-corrected chi connectivity index (χ0v) is 27.8. The van der Waals surface area contributed by atoms with Crippen molar-refractivity contribution >= 4 is 12.2 Å². The molecule has 2 unspecified atom stereocenters. The van der Waals surface area contributed by atoms with Gasteiger partial charge in [0.1, 0.15) is 0 Å². The minimum Gasteiger partial charge on any atom is -1.00 e. The van der Waals surface area contributed by atoms with Gasteiger partial charge in [0, 0.05) is 0 Å². The van der Waals surface area contributed by atoms with Crippen LogP contribution in [0.2, 0.25) is 8.26 Å². The number of halogens is 2. The zero-order chi connectivity index (χ0) is 26.7. The smallest absolute Gasteiger partial charge is 1.00 e. The van der Waals surface area contributed by atoms with E-state index in [4.69, 9.17) is 9.47 Å². The SMILES string of the molecule is COc1ccc(-c2cccc3c2C=C(C)[CH]3[Zr+2]2([CH]3C(C)=Cc4c(-c5ccc(OC)cc5)cccc43)[CH2][CH2]2)cc1.[Cl-].[Cl-]. The van der Waals surface area contributed by atoms with E-state index in [0.29, 0.717) is 7.25 Å². The molecule has 4 aromatic rings. The van der Waals surface area contributed by atoms with Crippen LogP contribution in [0.4, 0.5) is 0 Å². The Labute approximate surface area is 260 Å². The molecule has 0 radical (unpaired) electrons. The normalized spacial score (nSPS) is 18.3. The summed E-state index contributed by atoms with van der Waals surface area (Å²) in [4.78, 5) is 0. The molecular weight excluding hydrogens is 627 g/mol. The fourth-order valence-corrected chi connectivity index (χ4v) is 25.3. The Hall–Kier alpha value is -2.58. The van der Waals surface area contributed by atoms with E-state index in [1.807, 2.05) is 0 Å². The summed E-state index contributed by atoms with van der Waals surface area (Å²) in [6.45, 7) is 4.81. The molecule has 208 valence electrons. The Kier molecular flexibility index (Phi) is 8.46. The molecule has 1 fully saturated rings. The number of allylic oxidation sites excluding steroid dienone is 2. The van der Waals surface area contributed by atoms with Gasteiger partial charge < -0.3 is 24.8 Å². The van der Waals surface area contributed by atoms with Crippen LogP contribution in [-0.4, -0.2) is 14.2 Å². The van der Waals surface area contributed by atoms with Gasteiger partial charge in [0.25, 0.3) is 0 Å². The van der Waals surface area contributed by atoms with Crippen molar-refractivity contribution in [3.8, 4) is 33.8 Å². The Bertz CT molecular complexity index is 1530. The molecule has 41 heavy (non-hydrogen) atoms. The maximum absolute atomic E-state index is 5.41. The van der Waals surface area contributed by atoms with Crippen LogP contribution in [-0.2, 0) is 20.3 Å². The molecule has 2 nitrogen and oxygen atoms in total. The summed E-state index contributed by atoms with van der Waals surface area (Å²) < 4.78 is 15.1. The van der Waals surface area contributed by atoms with Crippen LogP contribution in [0, 0.1) is 0 Å². The third kappa shape index (κ3) is 4.85. The van der Waals surface area contributed by atoms with Gasteiger partial charge in [0.15, 0.2) is 0 Å². The Morgan fingerprint density at radius 3 is 1.29 bits per heavy atom. The van der Waals surface area contributed by atoms with Crippen molar-refractivity contribution < 1.29 is 54.6 Å². The summed E-state index contributed by atoms with van der Waals surface area (Å²) in [5.41, 5.74) is 14.5. The first kappa shape index (κ1) is 29.9. The van der Waals surface area contributed by atoms with Crippen LogP contribution in [0.3, 0.4) is 0 Å². The van der Waals surface area contributed by atoms with Gasteiger partial charge in [-0.15, -0.1) is 0 Å². The molecule has 0 bridgehead atoms. The molecule has 1 heterocycles. The predicted molar refractivity (Wildman–Crippen MR) is 159 cm³/mol. The molecule has 1 aliphatic heterocycles. The van der Waals surface area contributed by atoms with Crippen molar-refractivity contribution in [3.05, 3.63) is 118 Å². The number of benzene rings is 4. The van der Waals surface area contributed by atoms with Crippen molar-refractivity contribution in [2.24, 2.45) is 0 Å². The zero-order valence-electron chi connectivity index (χ0n) is 23.9. The first-order chi connectivity index (χ1) is 19.0. The van der Waals surface area contributed by atoms with Crippen molar-refractivity contribution in [2.75, 3.05) is 14.2 Å². The van der Waals surface area contributed by atoms with Gasteiger partial charge in [-0.05, 0) is 0 Å². The van der Waals surface area contributed by atoms with E-state index < -0.39 is 20.3 Å². The molecule has 0 saturated carbocycles. The van der Waals surface area contributed by atoms with E-state index in [9.17, 15) is 0 Å². The average molecular weight is 661 g/mol. The van der Waals surface area contributed by atoms with Gasteiger partial charge >= 0.3 is 238 Å². The fourth-order valence-electron chi connectivity index (χ4n) is 7.56. The number of hydrogen-bond acceptors (Lipinski definition) is 2. The summed E-state index contributed by atoms with van der Waals surface area (Å²) in [6, 6.07) is 31.1. The average Bonchev–Trinajstić information content (AvgIpc) is 3.55. The minimum absolute atomic E-state index is 0. The van der Waals surface area contributed by atoms with Gasteiger partial charge in [-0.2, -0.15) is 0 Å². The minimum atomic E-state index is -2.64. The molecule has 2 atom stereocenters. The maximum Gasteiger partial charge on any atom is -1.00 e. The topological polar surface area (TPSA) is 18.5 Å². The number of hydrogen-bond donors (Lipinski definition) is 0. The van der Waals surface area contributed by atoms with E-state index in [-0.39, 0.29) is 24.8 Å². The Balaban J connectivity index is 0.00000169. The van der Waals surface area contributed by atoms with Gasteiger partial charge in [0.05, 0.1) is 0 Å². The van der Waals surface area contributed by atoms with Crippen LogP contribution < -0.4 is 34.3 Å². The molecule has 5 heteroatoms. The van der Waals surface area contributed by atoms with Gasteiger partial charge in [-0.3, -0.25) is 0 Å². The molecule has 7 rings (SSSR count). The second-order valence-corrected chi connectivity index (χ2v) is 22.8. The summed E-state index contributed by atoms with van der Waals surface area (Å²) in [5.74, 6) is 1.81. The van der Waals surface area contributed by atoms with E-state index in [2.05, 4.69) is 111 Å². The summed E-state index contributed by atoms with van der Waals surface area (Å²) in [6.07, 6.45) is 5.03. The third-order valence-corrected chi connectivity index (χ3v) is 22.8. The first-order valence-corrected chi connectivity index (χ1v) is 20.3. The number of methoxy groups -OCH3 is 2. The third-order valence-electron chi connectivity index (χ3n) is 9.34. The van der Waals surface area contributed by atoms with Gasteiger partial charge in [-0.1, -0.05) is 0 Å². The largest absolute Gasteiger partial charge is 1.00 e. The monoisotopic (exact) mass is 658 g/mol. The quantitative estimate of drug-likeness (QED) is 0.315. The van der Waals surface area contributed by atoms with Crippen LogP contribution in [0.1, 0.15) is 43.4 Å². The van der Waals surface area contributed by atoms with Crippen molar-refractivity contribution in [3.63, 3.8) is 0 Å². The van der Waals surface area contributed by atoms with Gasteiger partial charge in [-0.25, -0.2) is 0 Å². The summed E-state index contributed by atoms with van der Waals surface area (Å²) >= 11 is -2.64. The molecule has 0 amide bonds. The van der Waals surface area contributed by atoms with E-state index in [1.54, 1.807) is 36.5 Å². The van der Waals surface area contributed by atoms with Gasteiger partial charge in [0.2, 0.25) is 0 Å². The predicted octanol–water partition coefficient (Wildman–Crippen LogP) is 3.67. The molecule has 2 aliphatic carbocycles. The molecule has 0 spiro atoms. The van der Waals surface area contributed by atoms with Crippen LogP contribution >= 0.6 is 0 Å². The fraction of sp³-hybridized carbons (Fsp3) is 0.222. The van der Waals surface area contributed by atoms with Crippen LogP contribution in [0.15, 0.2) is 96.1 Å². The van der Waals surface area contributed by atoms with E-state index in [0.717, 1.165) is 11.5 Å². The van der Waals surface area contributed by atoms with Crippen molar-refractivity contribution in [1.82, 2.24) is 0 Å². The molecule has 3 aliphatic rings. The second kappa shape index (κ2) is 11.6. The summed E-state index contributed by atoms with van der Waals surface area (Å²) in [5, 5.41) is 0. The first-order valence-electron chi connectivity index (χ1n) is 13.9. The number of ether oxygens (including phenoxy) is 2. The van der Waals surface area contributed by atoms with E-state index in [1.165, 1.54) is 41.6 Å². The Morgan fingerprint density at radius 2 is 0.951 bits per heavy atom.